The zero-order valence-corrected chi connectivity index (χ0v) is 15.4. The normalized spacial score (nSPS) is 21.4. The number of likely N-dealkylation sites (tertiary alicyclic amines) is 1. The second-order valence-corrected chi connectivity index (χ2v) is 7.33. The Balaban J connectivity index is 1.81. The fourth-order valence-electron chi connectivity index (χ4n) is 4.07. The van der Waals surface area contributed by atoms with Gasteiger partial charge in [-0.1, -0.05) is 54.1 Å². The van der Waals surface area contributed by atoms with Crippen molar-refractivity contribution in [3.8, 4) is 0 Å². The summed E-state index contributed by atoms with van der Waals surface area (Å²) in [5.41, 5.74) is 10.9. The summed E-state index contributed by atoms with van der Waals surface area (Å²) in [4.78, 5) is 15.2. The van der Waals surface area contributed by atoms with E-state index in [4.69, 9.17) is 5.73 Å². The molecule has 1 amide bonds. The number of carbonyl (C=O) groups is 1. The number of aryl methyl sites for hydroxylation is 2. The monoisotopic (exact) mass is 336 g/mol. The molecule has 132 valence electrons. The second kappa shape index (κ2) is 7.40. The summed E-state index contributed by atoms with van der Waals surface area (Å²) >= 11 is 0. The fourth-order valence-corrected chi connectivity index (χ4v) is 4.07. The third kappa shape index (κ3) is 3.62. The van der Waals surface area contributed by atoms with Gasteiger partial charge in [0.05, 0.1) is 5.92 Å². The van der Waals surface area contributed by atoms with Crippen LogP contribution in [-0.2, 0) is 4.79 Å². The van der Waals surface area contributed by atoms with E-state index in [1.165, 1.54) is 11.1 Å². The lowest BCUT2D eigenvalue weighted by Crippen LogP contribution is -2.40. The third-order valence-corrected chi connectivity index (χ3v) is 5.46. The van der Waals surface area contributed by atoms with E-state index in [9.17, 15) is 4.79 Å². The van der Waals surface area contributed by atoms with Gasteiger partial charge in [0.2, 0.25) is 5.91 Å². The molecular formula is C22H28N2O. The van der Waals surface area contributed by atoms with Gasteiger partial charge in [-0.25, -0.2) is 0 Å². The summed E-state index contributed by atoms with van der Waals surface area (Å²) in [5, 5.41) is 0. The molecule has 25 heavy (non-hydrogen) atoms. The Morgan fingerprint density at radius 2 is 1.96 bits per heavy atom. The van der Waals surface area contributed by atoms with Crippen LogP contribution in [0.25, 0.3) is 0 Å². The van der Waals surface area contributed by atoms with Crippen molar-refractivity contribution in [3.05, 3.63) is 70.8 Å². The minimum absolute atomic E-state index is 0.164. The number of nitrogens with two attached hydrogens (primary N) is 1. The molecule has 1 fully saturated rings. The van der Waals surface area contributed by atoms with Crippen LogP contribution in [0, 0.1) is 13.8 Å². The average molecular weight is 336 g/mol. The molecule has 1 heterocycles. The maximum Gasteiger partial charge on any atom is 0.231 e. The Morgan fingerprint density at radius 3 is 2.64 bits per heavy atom. The van der Waals surface area contributed by atoms with Gasteiger partial charge in [0.25, 0.3) is 0 Å². The van der Waals surface area contributed by atoms with E-state index in [0.717, 1.165) is 24.1 Å². The van der Waals surface area contributed by atoms with Crippen LogP contribution in [0.1, 0.15) is 47.4 Å². The summed E-state index contributed by atoms with van der Waals surface area (Å²) < 4.78 is 0. The van der Waals surface area contributed by atoms with Gasteiger partial charge in [-0.3, -0.25) is 4.79 Å². The number of hydrogen-bond donors (Lipinski definition) is 1. The number of hydrogen-bond acceptors (Lipinski definition) is 2. The lowest BCUT2D eigenvalue weighted by atomic mass is 9.93. The van der Waals surface area contributed by atoms with Crippen molar-refractivity contribution < 1.29 is 4.79 Å². The first kappa shape index (κ1) is 17.7. The van der Waals surface area contributed by atoms with Crippen molar-refractivity contribution in [3.63, 3.8) is 0 Å². The highest BCUT2D eigenvalue weighted by Crippen LogP contribution is 2.35. The van der Waals surface area contributed by atoms with Gasteiger partial charge in [0, 0.05) is 25.0 Å². The van der Waals surface area contributed by atoms with E-state index in [2.05, 4.69) is 44.2 Å². The van der Waals surface area contributed by atoms with Crippen molar-refractivity contribution in [2.45, 2.75) is 45.1 Å². The van der Waals surface area contributed by atoms with Crippen LogP contribution in [0.15, 0.2) is 48.5 Å². The molecule has 1 aliphatic rings. The van der Waals surface area contributed by atoms with Gasteiger partial charge in [-0.05, 0) is 43.9 Å². The minimum atomic E-state index is -0.252. The van der Waals surface area contributed by atoms with Gasteiger partial charge in [0.1, 0.15) is 0 Å². The van der Waals surface area contributed by atoms with Crippen LogP contribution >= 0.6 is 0 Å². The molecule has 0 radical (unpaired) electrons. The van der Waals surface area contributed by atoms with Gasteiger partial charge in [-0.2, -0.15) is 0 Å². The maximum absolute atomic E-state index is 13.2. The highest BCUT2D eigenvalue weighted by Gasteiger charge is 2.36. The quantitative estimate of drug-likeness (QED) is 0.924. The van der Waals surface area contributed by atoms with E-state index in [0.29, 0.717) is 12.5 Å². The summed E-state index contributed by atoms with van der Waals surface area (Å²) in [6.45, 7) is 7.49. The van der Waals surface area contributed by atoms with Gasteiger partial charge in [0.15, 0.2) is 0 Å². The standard InChI is InChI=1S/C22H28N2O/c1-15-7-6-9-18(11-15)21(13-23)22(25)24-14-19(12-17(24)3)20-10-5-4-8-16(20)2/h4-11,17,19,21H,12-14,23H2,1-3H3. The molecule has 2 aromatic carbocycles. The first-order valence-electron chi connectivity index (χ1n) is 9.14. The first-order chi connectivity index (χ1) is 12.0. The molecule has 3 rings (SSSR count). The van der Waals surface area contributed by atoms with Crippen LogP contribution in [0.5, 0.6) is 0 Å². The number of carbonyl (C=O) groups excluding carboxylic acids is 1. The van der Waals surface area contributed by atoms with E-state index in [1.807, 2.05) is 30.0 Å². The lowest BCUT2D eigenvalue weighted by molar-refractivity contribution is -0.133. The maximum atomic E-state index is 13.2. The predicted molar refractivity (Wildman–Crippen MR) is 103 cm³/mol. The highest BCUT2D eigenvalue weighted by molar-refractivity contribution is 5.84. The molecule has 1 saturated heterocycles. The van der Waals surface area contributed by atoms with Crippen molar-refractivity contribution in [2.24, 2.45) is 5.73 Å². The predicted octanol–water partition coefficient (Wildman–Crippen LogP) is 3.75. The number of benzene rings is 2. The molecule has 3 nitrogen and oxygen atoms in total. The Morgan fingerprint density at radius 1 is 1.20 bits per heavy atom. The van der Waals surface area contributed by atoms with E-state index >= 15 is 0 Å². The SMILES string of the molecule is Cc1cccc(C(CN)C(=O)N2CC(c3ccccc3C)CC2C)c1. The molecule has 0 aliphatic carbocycles. The molecule has 0 saturated carbocycles. The summed E-state index contributed by atoms with van der Waals surface area (Å²) in [7, 11) is 0. The smallest absolute Gasteiger partial charge is 0.231 e. The van der Waals surface area contributed by atoms with Crippen molar-refractivity contribution in [1.82, 2.24) is 4.90 Å². The molecule has 2 aromatic rings. The number of amides is 1. The Hall–Kier alpha value is -2.13. The second-order valence-electron chi connectivity index (χ2n) is 7.33. The Bertz CT molecular complexity index is 755. The Labute approximate surface area is 150 Å². The van der Waals surface area contributed by atoms with Crippen molar-refractivity contribution >= 4 is 5.91 Å². The minimum Gasteiger partial charge on any atom is -0.339 e. The van der Waals surface area contributed by atoms with E-state index in [1.54, 1.807) is 0 Å². The highest BCUT2D eigenvalue weighted by atomic mass is 16.2. The van der Waals surface area contributed by atoms with Crippen LogP contribution < -0.4 is 5.73 Å². The van der Waals surface area contributed by atoms with Crippen LogP contribution in [0.4, 0.5) is 0 Å². The van der Waals surface area contributed by atoms with Crippen molar-refractivity contribution in [1.29, 1.82) is 0 Å². The molecule has 2 N–H and O–H groups in total. The van der Waals surface area contributed by atoms with Crippen LogP contribution in [0.2, 0.25) is 0 Å². The Kier molecular flexibility index (Phi) is 5.24. The van der Waals surface area contributed by atoms with Gasteiger partial charge < -0.3 is 10.6 Å². The molecule has 0 spiro atoms. The lowest BCUT2D eigenvalue weighted by Gasteiger charge is -2.27. The molecule has 0 aromatic heterocycles. The fraction of sp³-hybridized carbons (Fsp3) is 0.409. The zero-order chi connectivity index (χ0) is 18.0. The van der Waals surface area contributed by atoms with Gasteiger partial charge >= 0.3 is 0 Å². The molecule has 0 bridgehead atoms. The van der Waals surface area contributed by atoms with E-state index in [-0.39, 0.29) is 17.9 Å². The zero-order valence-electron chi connectivity index (χ0n) is 15.4. The third-order valence-electron chi connectivity index (χ3n) is 5.46. The summed E-state index contributed by atoms with van der Waals surface area (Å²) in [6, 6.07) is 16.9. The number of rotatable bonds is 4. The van der Waals surface area contributed by atoms with E-state index < -0.39 is 0 Å². The average Bonchev–Trinajstić information content (AvgIpc) is 2.97. The van der Waals surface area contributed by atoms with Crippen molar-refractivity contribution in [2.75, 3.05) is 13.1 Å². The number of nitrogens with zero attached hydrogens (tertiary/aromatic N) is 1. The summed E-state index contributed by atoms with van der Waals surface area (Å²) in [5.74, 6) is 0.325. The van der Waals surface area contributed by atoms with Crippen LogP contribution in [-0.4, -0.2) is 29.9 Å². The molecule has 3 heteroatoms. The molecular weight excluding hydrogens is 308 g/mol. The molecule has 1 aliphatic heterocycles. The van der Waals surface area contributed by atoms with Crippen LogP contribution in [0.3, 0.4) is 0 Å². The molecule has 3 atom stereocenters. The summed E-state index contributed by atoms with van der Waals surface area (Å²) in [6.07, 6.45) is 1.02. The first-order valence-corrected chi connectivity index (χ1v) is 9.14. The topological polar surface area (TPSA) is 46.3 Å². The van der Waals surface area contributed by atoms with Gasteiger partial charge in [-0.15, -0.1) is 0 Å². The largest absolute Gasteiger partial charge is 0.339 e. The molecule has 3 unspecified atom stereocenters.